The van der Waals surface area contributed by atoms with Crippen LogP contribution in [0.25, 0.3) is 11.0 Å². The van der Waals surface area contributed by atoms with Crippen molar-refractivity contribution in [2.24, 2.45) is 5.92 Å². The molecule has 1 aliphatic carbocycles. The summed E-state index contributed by atoms with van der Waals surface area (Å²) in [4.78, 5) is 27.4. The molecular weight excluding hydrogens is 466 g/mol. The highest BCUT2D eigenvalue weighted by Crippen LogP contribution is 2.40. The van der Waals surface area contributed by atoms with Crippen molar-refractivity contribution in [3.05, 3.63) is 74.6 Å². The van der Waals surface area contributed by atoms with Gasteiger partial charge in [0.2, 0.25) is 0 Å². The van der Waals surface area contributed by atoms with Crippen LogP contribution >= 0.6 is 11.6 Å². The zero-order valence-electron chi connectivity index (χ0n) is 19.9. The Morgan fingerprint density at radius 1 is 1.23 bits per heavy atom. The van der Waals surface area contributed by atoms with Crippen LogP contribution in [-0.2, 0) is 11.2 Å². The predicted molar refractivity (Wildman–Crippen MR) is 135 cm³/mol. The van der Waals surface area contributed by atoms with Crippen LogP contribution in [0.1, 0.15) is 48.8 Å². The van der Waals surface area contributed by atoms with E-state index in [0.29, 0.717) is 47.8 Å². The Bertz CT molecular complexity index is 1300. The van der Waals surface area contributed by atoms with Crippen molar-refractivity contribution in [1.82, 2.24) is 4.90 Å². The molecule has 2 aliphatic rings. The smallest absolute Gasteiger partial charge is 0.340 e. The van der Waals surface area contributed by atoms with Gasteiger partial charge in [-0.1, -0.05) is 54.8 Å². The van der Waals surface area contributed by atoms with Gasteiger partial charge in [0.15, 0.2) is 6.61 Å². The average Bonchev–Trinajstić information content (AvgIpc) is 2.86. The molecule has 3 aromatic rings. The molecule has 1 aliphatic heterocycles. The highest BCUT2D eigenvalue weighted by atomic mass is 35.5. The van der Waals surface area contributed by atoms with E-state index in [-0.39, 0.29) is 18.4 Å². The third-order valence-corrected chi connectivity index (χ3v) is 7.99. The molecule has 7 heteroatoms. The summed E-state index contributed by atoms with van der Waals surface area (Å²) in [7, 11) is 0. The van der Waals surface area contributed by atoms with Gasteiger partial charge in [-0.15, -0.1) is 0 Å². The van der Waals surface area contributed by atoms with Gasteiger partial charge >= 0.3 is 5.63 Å². The summed E-state index contributed by atoms with van der Waals surface area (Å²) in [6.07, 6.45) is 4.99. The van der Waals surface area contributed by atoms with Gasteiger partial charge < -0.3 is 19.2 Å². The van der Waals surface area contributed by atoms with Crippen LogP contribution in [0.3, 0.4) is 0 Å². The molecule has 1 amide bonds. The average molecular weight is 496 g/mol. The van der Waals surface area contributed by atoms with E-state index in [9.17, 15) is 14.7 Å². The number of nitrogens with zero attached hydrogens (tertiary/aromatic N) is 1. The molecule has 1 saturated heterocycles. The standard InChI is InChI=1S/C28H30ClNO5/c1-18-21-14-23(29)25(15-24(21)35-27(32)22(18)13-19-7-3-2-4-8-19)34-17-26(31)30-12-11-28(33)10-6-5-9-20(28)16-30/h2-4,7-8,14-15,20,33H,5-6,9-13,16-17H2,1H3/t20-,28+/m0/s1. The van der Waals surface area contributed by atoms with Gasteiger partial charge in [0.1, 0.15) is 11.3 Å². The molecule has 2 atom stereocenters. The number of carbonyl (C=O) groups excluding carboxylic acids is 1. The molecule has 6 nitrogen and oxygen atoms in total. The van der Waals surface area contributed by atoms with Crippen LogP contribution in [0.2, 0.25) is 5.02 Å². The fourth-order valence-electron chi connectivity index (χ4n) is 5.53. The van der Waals surface area contributed by atoms with Crippen molar-refractivity contribution in [2.75, 3.05) is 19.7 Å². The van der Waals surface area contributed by atoms with E-state index in [1.807, 2.05) is 37.3 Å². The van der Waals surface area contributed by atoms with Crippen molar-refractivity contribution in [2.45, 2.75) is 51.0 Å². The van der Waals surface area contributed by atoms with Gasteiger partial charge in [-0.3, -0.25) is 4.79 Å². The number of rotatable bonds is 5. The molecular formula is C28H30ClNO5. The Labute approximate surface area is 209 Å². The second kappa shape index (κ2) is 9.67. The SMILES string of the molecule is Cc1c(Cc2ccccc2)c(=O)oc2cc(OCC(=O)N3CC[C@]4(O)CCCC[C@H]4C3)c(Cl)cc12. The molecule has 0 unspecified atom stereocenters. The molecule has 1 aromatic heterocycles. The fourth-order valence-corrected chi connectivity index (χ4v) is 5.75. The van der Waals surface area contributed by atoms with E-state index in [1.54, 1.807) is 17.0 Å². The normalized spacial score (nSPS) is 22.1. The van der Waals surface area contributed by atoms with E-state index >= 15 is 0 Å². The van der Waals surface area contributed by atoms with Crippen LogP contribution < -0.4 is 10.4 Å². The molecule has 35 heavy (non-hydrogen) atoms. The summed E-state index contributed by atoms with van der Waals surface area (Å²) in [6, 6.07) is 13.1. The number of piperidine rings is 1. The first kappa shape index (κ1) is 23.9. The highest BCUT2D eigenvalue weighted by molar-refractivity contribution is 6.32. The molecule has 1 saturated carbocycles. The highest BCUT2D eigenvalue weighted by Gasteiger charge is 2.43. The minimum atomic E-state index is -0.633. The lowest BCUT2D eigenvalue weighted by Crippen LogP contribution is -2.55. The number of fused-ring (bicyclic) bond motifs is 2. The van der Waals surface area contributed by atoms with E-state index in [2.05, 4.69) is 0 Å². The molecule has 2 aromatic carbocycles. The zero-order chi connectivity index (χ0) is 24.6. The van der Waals surface area contributed by atoms with Crippen molar-refractivity contribution < 1.29 is 19.1 Å². The fraction of sp³-hybridized carbons (Fsp3) is 0.429. The van der Waals surface area contributed by atoms with Crippen LogP contribution in [0.5, 0.6) is 5.75 Å². The van der Waals surface area contributed by atoms with Gasteiger partial charge in [-0.2, -0.15) is 0 Å². The summed E-state index contributed by atoms with van der Waals surface area (Å²) in [5, 5.41) is 12.0. The number of ether oxygens (including phenoxy) is 1. The van der Waals surface area contributed by atoms with E-state index in [4.69, 9.17) is 20.8 Å². The number of aliphatic hydroxyl groups is 1. The first-order valence-corrected chi connectivity index (χ1v) is 12.6. The van der Waals surface area contributed by atoms with Crippen molar-refractivity contribution in [1.29, 1.82) is 0 Å². The summed E-state index contributed by atoms with van der Waals surface area (Å²) >= 11 is 6.50. The molecule has 0 spiro atoms. The number of halogens is 1. The molecule has 5 rings (SSSR count). The van der Waals surface area contributed by atoms with E-state index < -0.39 is 11.2 Å². The Morgan fingerprint density at radius 3 is 2.83 bits per heavy atom. The molecule has 2 fully saturated rings. The molecule has 184 valence electrons. The summed E-state index contributed by atoms with van der Waals surface area (Å²) in [5.74, 6) is 0.294. The second-order valence-corrected chi connectivity index (χ2v) is 10.3. The van der Waals surface area contributed by atoms with E-state index in [0.717, 1.165) is 42.2 Å². The summed E-state index contributed by atoms with van der Waals surface area (Å²) in [6.45, 7) is 2.81. The van der Waals surface area contributed by atoms with Crippen LogP contribution in [-0.4, -0.2) is 41.2 Å². The first-order valence-electron chi connectivity index (χ1n) is 12.3. The van der Waals surface area contributed by atoms with Crippen LogP contribution in [0.15, 0.2) is 51.7 Å². The number of hydrogen-bond donors (Lipinski definition) is 1. The minimum Gasteiger partial charge on any atom is -0.482 e. The third-order valence-electron chi connectivity index (χ3n) is 7.70. The second-order valence-electron chi connectivity index (χ2n) is 9.86. The number of carbonyl (C=O) groups is 1. The predicted octanol–water partition coefficient (Wildman–Crippen LogP) is 4.88. The lowest BCUT2D eigenvalue weighted by molar-refractivity contribution is -0.145. The Hall–Kier alpha value is -2.83. The van der Waals surface area contributed by atoms with Gasteiger partial charge in [-0.25, -0.2) is 4.79 Å². The lowest BCUT2D eigenvalue weighted by atomic mass is 9.71. The van der Waals surface area contributed by atoms with Gasteiger partial charge in [0.05, 0.1) is 10.6 Å². The maximum Gasteiger partial charge on any atom is 0.340 e. The van der Waals surface area contributed by atoms with Crippen LogP contribution in [0, 0.1) is 12.8 Å². The first-order chi connectivity index (χ1) is 16.8. The number of benzene rings is 2. The topological polar surface area (TPSA) is 80.0 Å². The molecule has 1 N–H and O–H groups in total. The zero-order valence-corrected chi connectivity index (χ0v) is 20.6. The maximum absolute atomic E-state index is 12.9. The number of hydrogen-bond acceptors (Lipinski definition) is 5. The lowest BCUT2D eigenvalue weighted by Gasteiger charge is -2.47. The Morgan fingerprint density at radius 2 is 2.03 bits per heavy atom. The number of likely N-dealkylation sites (tertiary alicyclic amines) is 1. The van der Waals surface area contributed by atoms with Crippen molar-refractivity contribution >= 4 is 28.5 Å². The monoisotopic (exact) mass is 495 g/mol. The molecule has 0 bridgehead atoms. The van der Waals surface area contributed by atoms with Gasteiger partial charge in [-0.05, 0) is 43.4 Å². The maximum atomic E-state index is 12.9. The minimum absolute atomic E-state index is 0.125. The number of amides is 1. The summed E-state index contributed by atoms with van der Waals surface area (Å²) < 4.78 is 11.4. The van der Waals surface area contributed by atoms with Crippen LogP contribution in [0.4, 0.5) is 0 Å². The third kappa shape index (κ3) is 4.82. The Kier molecular flexibility index (Phi) is 6.60. The quantitative estimate of drug-likeness (QED) is 0.510. The number of aryl methyl sites for hydroxylation is 1. The largest absolute Gasteiger partial charge is 0.482 e. The van der Waals surface area contributed by atoms with E-state index in [1.165, 1.54) is 0 Å². The molecule has 2 heterocycles. The Balaban J connectivity index is 1.31. The van der Waals surface area contributed by atoms with Crippen molar-refractivity contribution in [3.8, 4) is 5.75 Å². The van der Waals surface area contributed by atoms with Crippen molar-refractivity contribution in [3.63, 3.8) is 0 Å². The molecule has 0 radical (unpaired) electrons. The summed E-state index contributed by atoms with van der Waals surface area (Å²) in [5.41, 5.74) is 1.79. The van der Waals surface area contributed by atoms with Gasteiger partial charge in [0.25, 0.3) is 5.91 Å². The van der Waals surface area contributed by atoms with Gasteiger partial charge in [0, 0.05) is 42.4 Å².